The first-order valence-electron chi connectivity index (χ1n) is 9.23. The zero-order valence-electron chi connectivity index (χ0n) is 15.6. The van der Waals surface area contributed by atoms with Gasteiger partial charge >= 0.3 is 6.09 Å². The normalized spacial score (nSPS) is 28.2. The van der Waals surface area contributed by atoms with Crippen LogP contribution < -0.4 is 15.1 Å². The molecule has 1 aromatic rings. The molecule has 1 aromatic carbocycles. The van der Waals surface area contributed by atoms with Crippen molar-refractivity contribution in [1.82, 2.24) is 5.32 Å². The summed E-state index contributed by atoms with van der Waals surface area (Å²) in [5.74, 6) is -1.29. The maximum Gasteiger partial charge on any atom is 0.414 e. The van der Waals surface area contributed by atoms with Gasteiger partial charge in [-0.2, -0.15) is 0 Å². The largest absolute Gasteiger partial charge is 0.442 e. The van der Waals surface area contributed by atoms with Gasteiger partial charge in [0.1, 0.15) is 17.6 Å². The molecule has 1 unspecified atom stereocenters. The Balaban J connectivity index is 1.47. The van der Waals surface area contributed by atoms with Crippen LogP contribution in [0.3, 0.4) is 0 Å². The average molecular weight is 393 g/mol. The molecule has 4 atom stereocenters. The molecule has 0 aromatic heterocycles. The number of anilines is 2. The van der Waals surface area contributed by atoms with E-state index in [1.165, 1.54) is 6.92 Å². The number of cyclic esters (lactones) is 1. The molecule has 2 saturated heterocycles. The number of hydrogen-bond acceptors (Lipinski definition) is 5. The highest BCUT2D eigenvalue weighted by molar-refractivity contribution is 5.90. The summed E-state index contributed by atoms with van der Waals surface area (Å²) >= 11 is 0. The highest BCUT2D eigenvalue weighted by Crippen LogP contribution is 2.53. The van der Waals surface area contributed by atoms with Crippen LogP contribution in [0.4, 0.5) is 25.0 Å². The monoisotopic (exact) mass is 393 g/mol. The summed E-state index contributed by atoms with van der Waals surface area (Å²) in [7, 11) is 0. The van der Waals surface area contributed by atoms with Crippen molar-refractivity contribution in [1.29, 1.82) is 0 Å². The summed E-state index contributed by atoms with van der Waals surface area (Å²) in [4.78, 5) is 37.3. The zero-order valence-corrected chi connectivity index (χ0v) is 15.6. The third kappa shape index (κ3) is 3.18. The third-order valence-corrected chi connectivity index (χ3v) is 5.75. The second kappa shape index (κ2) is 6.72. The molecule has 4 rings (SSSR count). The lowest BCUT2D eigenvalue weighted by Gasteiger charge is -2.24. The second-order valence-electron chi connectivity index (χ2n) is 7.68. The SMILES string of the molecule is CC(=O)NC[C@H]1CN(c2cc(F)c(N3C[C@@H]4C(C(C)=O)[C@@H]4C3)c(F)c2)C(=O)O1. The van der Waals surface area contributed by atoms with Gasteiger partial charge in [-0.1, -0.05) is 0 Å². The van der Waals surface area contributed by atoms with E-state index in [1.807, 2.05) is 0 Å². The first-order valence-corrected chi connectivity index (χ1v) is 9.23. The van der Waals surface area contributed by atoms with Crippen LogP contribution in [0.5, 0.6) is 0 Å². The number of ether oxygens (including phenoxy) is 1. The minimum atomic E-state index is -0.756. The molecular weight excluding hydrogens is 372 g/mol. The van der Waals surface area contributed by atoms with Gasteiger partial charge in [0.25, 0.3) is 0 Å². The molecule has 3 fully saturated rings. The summed E-state index contributed by atoms with van der Waals surface area (Å²) in [6.45, 7) is 4.02. The topological polar surface area (TPSA) is 79.0 Å². The molecule has 0 bridgehead atoms. The Hall–Kier alpha value is -2.71. The van der Waals surface area contributed by atoms with Gasteiger partial charge in [0.05, 0.1) is 18.8 Å². The number of Topliss-reactive ketones (excluding diaryl/α,β-unsaturated/α-hetero) is 1. The maximum absolute atomic E-state index is 14.7. The average Bonchev–Trinajstić information content (AvgIpc) is 2.94. The van der Waals surface area contributed by atoms with E-state index in [9.17, 15) is 23.2 Å². The van der Waals surface area contributed by atoms with Crippen molar-refractivity contribution in [3.63, 3.8) is 0 Å². The Morgan fingerprint density at radius 3 is 2.29 bits per heavy atom. The van der Waals surface area contributed by atoms with Crippen molar-refractivity contribution in [2.24, 2.45) is 17.8 Å². The Labute approximate surface area is 160 Å². The minimum absolute atomic E-state index is 0.0153. The first kappa shape index (κ1) is 18.6. The second-order valence-corrected chi connectivity index (χ2v) is 7.68. The number of hydrogen-bond donors (Lipinski definition) is 1. The lowest BCUT2D eigenvalue weighted by molar-refractivity contribution is -0.119. The predicted molar refractivity (Wildman–Crippen MR) is 96.0 cm³/mol. The van der Waals surface area contributed by atoms with E-state index in [0.717, 1.165) is 17.0 Å². The quantitative estimate of drug-likeness (QED) is 0.824. The van der Waals surface area contributed by atoms with E-state index in [-0.39, 0.29) is 53.9 Å². The number of carbonyl (C=O) groups excluding carboxylic acids is 3. The first-order chi connectivity index (χ1) is 13.3. The molecule has 1 saturated carbocycles. The molecule has 1 N–H and O–H groups in total. The standard InChI is InChI=1S/C19H21F2N3O4/c1-9(25)17-13-7-23(8-14(13)17)18-15(20)3-11(4-16(18)21)24-6-12(28-19(24)27)5-22-10(2)26/h3-4,12-14,17H,5-8H2,1-2H3,(H,22,26)/t12-,13-,14+,17?/m0/s1. The number of ketones is 1. The number of nitrogens with zero attached hydrogens (tertiary/aromatic N) is 2. The number of nitrogens with one attached hydrogen (secondary N) is 1. The van der Waals surface area contributed by atoms with Gasteiger partial charge in [0.15, 0.2) is 11.6 Å². The van der Waals surface area contributed by atoms with Gasteiger partial charge in [-0.25, -0.2) is 13.6 Å². The fraction of sp³-hybridized carbons (Fsp3) is 0.526. The van der Waals surface area contributed by atoms with Crippen molar-refractivity contribution >= 4 is 29.2 Å². The van der Waals surface area contributed by atoms with Crippen LogP contribution in [0.25, 0.3) is 0 Å². The van der Waals surface area contributed by atoms with Crippen LogP contribution in [0, 0.1) is 29.4 Å². The van der Waals surface area contributed by atoms with Crippen molar-refractivity contribution in [3.8, 4) is 0 Å². The van der Waals surface area contributed by atoms with Crippen LogP contribution in [0.15, 0.2) is 12.1 Å². The van der Waals surface area contributed by atoms with Crippen molar-refractivity contribution in [3.05, 3.63) is 23.8 Å². The summed E-state index contributed by atoms with van der Waals surface area (Å²) in [5.41, 5.74) is -0.0549. The van der Waals surface area contributed by atoms with E-state index in [4.69, 9.17) is 4.74 Å². The van der Waals surface area contributed by atoms with Crippen molar-refractivity contribution in [2.75, 3.05) is 36.0 Å². The lowest BCUT2D eigenvalue weighted by Crippen LogP contribution is -2.33. The molecule has 2 amide bonds. The van der Waals surface area contributed by atoms with Gasteiger partial charge in [-0.3, -0.25) is 14.5 Å². The van der Waals surface area contributed by atoms with Crippen LogP contribution in [-0.2, 0) is 14.3 Å². The van der Waals surface area contributed by atoms with Gasteiger partial charge in [-0.05, 0) is 18.8 Å². The molecule has 3 aliphatic rings. The van der Waals surface area contributed by atoms with Gasteiger partial charge in [0, 0.05) is 38.1 Å². The van der Waals surface area contributed by atoms with Gasteiger partial charge in [-0.15, -0.1) is 0 Å². The number of halogens is 2. The van der Waals surface area contributed by atoms with E-state index < -0.39 is 23.8 Å². The summed E-state index contributed by atoms with van der Waals surface area (Å²) < 4.78 is 34.5. The number of carbonyl (C=O) groups is 3. The highest BCUT2D eigenvalue weighted by atomic mass is 19.1. The Kier molecular flexibility index (Phi) is 4.47. The molecule has 2 aliphatic heterocycles. The number of benzene rings is 1. The fourth-order valence-corrected chi connectivity index (χ4v) is 4.42. The number of rotatable bonds is 5. The summed E-state index contributed by atoms with van der Waals surface area (Å²) in [5, 5.41) is 2.55. The molecule has 0 spiro atoms. The number of fused-ring (bicyclic) bond motifs is 1. The van der Waals surface area contributed by atoms with E-state index in [1.54, 1.807) is 11.8 Å². The minimum Gasteiger partial charge on any atom is -0.442 e. The van der Waals surface area contributed by atoms with Crippen molar-refractivity contribution in [2.45, 2.75) is 20.0 Å². The predicted octanol–water partition coefficient (Wildman–Crippen LogP) is 1.70. The van der Waals surface area contributed by atoms with Crippen molar-refractivity contribution < 1.29 is 27.9 Å². The van der Waals surface area contributed by atoms with E-state index in [2.05, 4.69) is 5.32 Å². The summed E-state index contributed by atoms with van der Waals surface area (Å²) in [6, 6.07) is 2.24. The lowest BCUT2D eigenvalue weighted by atomic mass is 10.1. The highest BCUT2D eigenvalue weighted by Gasteiger charge is 2.58. The molecule has 28 heavy (non-hydrogen) atoms. The van der Waals surface area contributed by atoms with Crippen LogP contribution in [0.1, 0.15) is 13.8 Å². The molecule has 0 radical (unpaired) electrons. The van der Waals surface area contributed by atoms with Gasteiger partial charge < -0.3 is 15.0 Å². The molecule has 9 heteroatoms. The Bertz CT molecular complexity index is 827. The number of piperidine rings is 1. The van der Waals surface area contributed by atoms with Crippen LogP contribution in [-0.4, -0.2) is 50.1 Å². The van der Waals surface area contributed by atoms with Crippen LogP contribution >= 0.6 is 0 Å². The smallest absolute Gasteiger partial charge is 0.414 e. The van der Waals surface area contributed by atoms with E-state index in [0.29, 0.717) is 13.1 Å². The Morgan fingerprint density at radius 1 is 1.14 bits per heavy atom. The number of amides is 2. The summed E-state index contributed by atoms with van der Waals surface area (Å²) in [6.07, 6.45) is -1.30. The Morgan fingerprint density at radius 2 is 1.75 bits per heavy atom. The van der Waals surface area contributed by atoms with E-state index >= 15 is 0 Å². The van der Waals surface area contributed by atoms with Gasteiger partial charge in [0.2, 0.25) is 5.91 Å². The maximum atomic E-state index is 14.7. The fourth-order valence-electron chi connectivity index (χ4n) is 4.42. The molecule has 2 heterocycles. The van der Waals surface area contributed by atoms with Crippen LogP contribution in [0.2, 0.25) is 0 Å². The zero-order chi connectivity index (χ0) is 20.2. The molecule has 7 nitrogen and oxygen atoms in total. The molecule has 1 aliphatic carbocycles. The molecule has 150 valence electrons. The third-order valence-electron chi connectivity index (χ3n) is 5.75. The molecular formula is C19H21F2N3O4.